The molecule has 1 fully saturated rings. The van der Waals surface area contributed by atoms with E-state index in [1.807, 2.05) is 78.9 Å². The largest absolute Gasteiger partial charge is 0.351 e. The Kier molecular flexibility index (Phi) is 6.63. The number of likely N-dealkylation sites (tertiary alicyclic amines) is 1. The van der Waals surface area contributed by atoms with Gasteiger partial charge in [-0.1, -0.05) is 67.1 Å². The number of carbonyl (C=O) groups excluding carboxylic acids is 1. The van der Waals surface area contributed by atoms with Crippen molar-refractivity contribution < 1.29 is 4.79 Å². The predicted molar refractivity (Wildman–Crippen MR) is 138 cm³/mol. The summed E-state index contributed by atoms with van der Waals surface area (Å²) in [6.07, 6.45) is 3.79. The van der Waals surface area contributed by atoms with Crippen molar-refractivity contribution in [2.45, 2.75) is 32.2 Å². The fourth-order valence-corrected chi connectivity index (χ4v) is 4.70. The van der Waals surface area contributed by atoms with E-state index in [0.717, 1.165) is 46.6 Å². The molecular weight excluding hydrogens is 420 g/mol. The van der Waals surface area contributed by atoms with Crippen LogP contribution in [0.3, 0.4) is 0 Å². The van der Waals surface area contributed by atoms with Crippen molar-refractivity contribution in [1.82, 2.24) is 20.2 Å². The molecule has 1 N–H and O–H groups in total. The first-order chi connectivity index (χ1) is 16.7. The molecule has 172 valence electrons. The minimum absolute atomic E-state index is 0.0678. The molecule has 1 amide bonds. The first kappa shape index (κ1) is 22.2. The molecule has 1 aliphatic rings. The molecule has 1 atom stereocenters. The van der Waals surface area contributed by atoms with Gasteiger partial charge in [0.05, 0.1) is 22.4 Å². The molecule has 0 aliphatic carbocycles. The normalized spacial score (nSPS) is 16.4. The van der Waals surface area contributed by atoms with Crippen LogP contribution in [0.2, 0.25) is 0 Å². The van der Waals surface area contributed by atoms with E-state index in [-0.39, 0.29) is 5.91 Å². The third-order valence-corrected chi connectivity index (χ3v) is 6.65. The topological polar surface area (TPSA) is 58.1 Å². The van der Waals surface area contributed by atoms with Crippen molar-refractivity contribution in [1.29, 1.82) is 0 Å². The number of aromatic nitrogens is 2. The van der Waals surface area contributed by atoms with Gasteiger partial charge in [-0.25, -0.2) is 9.97 Å². The van der Waals surface area contributed by atoms with E-state index in [9.17, 15) is 4.79 Å². The van der Waals surface area contributed by atoms with Crippen molar-refractivity contribution in [3.05, 3.63) is 84.4 Å². The van der Waals surface area contributed by atoms with Gasteiger partial charge in [-0.15, -0.1) is 0 Å². The van der Waals surface area contributed by atoms with Crippen molar-refractivity contribution in [3.8, 4) is 22.5 Å². The van der Waals surface area contributed by atoms with Gasteiger partial charge < -0.3 is 5.32 Å². The molecule has 5 nitrogen and oxygen atoms in total. The summed E-state index contributed by atoms with van der Waals surface area (Å²) in [6, 6.07) is 26.4. The maximum atomic E-state index is 12.9. The Hall–Kier alpha value is -3.57. The van der Waals surface area contributed by atoms with E-state index in [1.165, 1.54) is 19.3 Å². The van der Waals surface area contributed by atoms with Crippen LogP contribution in [0.1, 0.15) is 36.5 Å². The molecule has 34 heavy (non-hydrogen) atoms. The predicted octanol–water partition coefficient (Wildman–Crippen LogP) is 5.57. The summed E-state index contributed by atoms with van der Waals surface area (Å²) in [4.78, 5) is 25.3. The zero-order valence-electron chi connectivity index (χ0n) is 19.6. The minimum Gasteiger partial charge on any atom is -0.351 e. The van der Waals surface area contributed by atoms with Gasteiger partial charge in [-0.2, -0.15) is 0 Å². The highest BCUT2D eigenvalue weighted by atomic mass is 16.1. The summed E-state index contributed by atoms with van der Waals surface area (Å²) >= 11 is 0. The van der Waals surface area contributed by atoms with E-state index >= 15 is 0 Å². The van der Waals surface area contributed by atoms with Crippen molar-refractivity contribution in [2.75, 3.05) is 19.6 Å². The molecule has 0 radical (unpaired) electrons. The molecule has 0 bridgehead atoms. The highest BCUT2D eigenvalue weighted by Crippen LogP contribution is 2.31. The second-order valence-corrected chi connectivity index (χ2v) is 8.99. The molecule has 3 aromatic carbocycles. The molecule has 0 spiro atoms. The Bertz CT molecular complexity index is 1270. The van der Waals surface area contributed by atoms with Gasteiger partial charge in [0.1, 0.15) is 0 Å². The molecular formula is C29H30N4O. The Balaban J connectivity index is 1.42. The number of benzene rings is 3. The minimum atomic E-state index is -0.0678. The van der Waals surface area contributed by atoms with Crippen molar-refractivity contribution in [3.63, 3.8) is 0 Å². The van der Waals surface area contributed by atoms with Crippen molar-refractivity contribution in [2.24, 2.45) is 0 Å². The van der Waals surface area contributed by atoms with Crippen LogP contribution in [0.5, 0.6) is 0 Å². The SMILES string of the molecule is C[C@H]1CCCCN1CCNC(=O)c1ccc2nc(-c3ccccc3)c(-c3ccccc3)nc2c1. The van der Waals surface area contributed by atoms with E-state index in [1.54, 1.807) is 0 Å². The smallest absolute Gasteiger partial charge is 0.251 e. The van der Waals surface area contributed by atoms with Gasteiger partial charge in [0.15, 0.2) is 0 Å². The van der Waals surface area contributed by atoms with Gasteiger partial charge >= 0.3 is 0 Å². The first-order valence-electron chi connectivity index (χ1n) is 12.1. The monoisotopic (exact) mass is 450 g/mol. The average molecular weight is 451 g/mol. The van der Waals surface area contributed by atoms with Crippen LogP contribution in [0.15, 0.2) is 78.9 Å². The molecule has 1 saturated heterocycles. The number of nitrogens with zero attached hydrogens (tertiary/aromatic N) is 3. The number of hydrogen-bond donors (Lipinski definition) is 1. The van der Waals surface area contributed by atoms with Crippen LogP contribution in [-0.4, -0.2) is 46.5 Å². The van der Waals surface area contributed by atoms with E-state index in [0.29, 0.717) is 18.2 Å². The molecule has 2 heterocycles. The van der Waals surface area contributed by atoms with E-state index in [2.05, 4.69) is 17.1 Å². The zero-order chi connectivity index (χ0) is 23.3. The molecule has 0 unspecified atom stereocenters. The number of fused-ring (bicyclic) bond motifs is 1. The lowest BCUT2D eigenvalue weighted by atomic mass is 10.0. The number of nitrogens with one attached hydrogen (secondary N) is 1. The Morgan fingerprint density at radius 1 is 0.882 bits per heavy atom. The molecule has 1 aromatic heterocycles. The average Bonchev–Trinajstić information content (AvgIpc) is 2.89. The van der Waals surface area contributed by atoms with E-state index < -0.39 is 0 Å². The second kappa shape index (κ2) is 10.1. The molecule has 1 aliphatic heterocycles. The number of carbonyl (C=O) groups is 1. The zero-order valence-corrected chi connectivity index (χ0v) is 19.6. The van der Waals surface area contributed by atoms with Gasteiger partial charge in [0.25, 0.3) is 5.91 Å². The van der Waals surface area contributed by atoms with Crippen LogP contribution in [0, 0.1) is 0 Å². The molecule has 4 aromatic rings. The summed E-state index contributed by atoms with van der Waals surface area (Å²) in [6.45, 7) is 4.93. The van der Waals surface area contributed by atoms with Gasteiger partial charge in [0.2, 0.25) is 0 Å². The summed E-state index contributed by atoms with van der Waals surface area (Å²) < 4.78 is 0. The molecule has 5 heteroatoms. The Morgan fingerprint density at radius 3 is 2.18 bits per heavy atom. The fraction of sp³-hybridized carbons (Fsp3) is 0.276. The molecule has 5 rings (SSSR count). The Labute approximate surface area is 200 Å². The van der Waals surface area contributed by atoms with Crippen LogP contribution >= 0.6 is 0 Å². The highest BCUT2D eigenvalue weighted by molar-refractivity contribution is 5.98. The number of piperidine rings is 1. The highest BCUT2D eigenvalue weighted by Gasteiger charge is 2.18. The standard InChI is InChI=1S/C29H30N4O/c1-21-10-8-9-18-33(21)19-17-30-29(34)24-15-16-25-26(20-24)32-28(23-13-6-3-7-14-23)27(31-25)22-11-4-2-5-12-22/h2-7,11-16,20-21H,8-10,17-19H2,1H3,(H,30,34)/t21-/m0/s1. The summed E-state index contributed by atoms with van der Waals surface area (Å²) in [5.41, 5.74) is 5.78. The quantitative estimate of drug-likeness (QED) is 0.417. The second-order valence-electron chi connectivity index (χ2n) is 8.99. The summed E-state index contributed by atoms with van der Waals surface area (Å²) in [7, 11) is 0. The number of hydrogen-bond acceptors (Lipinski definition) is 4. The summed E-state index contributed by atoms with van der Waals surface area (Å²) in [5.74, 6) is -0.0678. The maximum Gasteiger partial charge on any atom is 0.251 e. The lowest BCUT2D eigenvalue weighted by molar-refractivity contribution is 0.0938. The third-order valence-electron chi connectivity index (χ3n) is 6.65. The van der Waals surface area contributed by atoms with Crippen LogP contribution in [0.4, 0.5) is 0 Å². The maximum absolute atomic E-state index is 12.9. The lowest BCUT2D eigenvalue weighted by Gasteiger charge is -2.33. The Morgan fingerprint density at radius 2 is 1.53 bits per heavy atom. The lowest BCUT2D eigenvalue weighted by Crippen LogP contribution is -2.42. The van der Waals surface area contributed by atoms with Crippen LogP contribution < -0.4 is 5.32 Å². The summed E-state index contributed by atoms with van der Waals surface area (Å²) in [5, 5.41) is 3.09. The van der Waals surface area contributed by atoms with E-state index in [4.69, 9.17) is 9.97 Å². The van der Waals surface area contributed by atoms with Crippen LogP contribution in [-0.2, 0) is 0 Å². The first-order valence-corrected chi connectivity index (χ1v) is 12.1. The van der Waals surface area contributed by atoms with Gasteiger partial charge in [-0.3, -0.25) is 9.69 Å². The van der Waals surface area contributed by atoms with Crippen LogP contribution in [0.25, 0.3) is 33.5 Å². The number of amides is 1. The van der Waals surface area contributed by atoms with Gasteiger partial charge in [0, 0.05) is 35.8 Å². The van der Waals surface area contributed by atoms with Gasteiger partial charge in [-0.05, 0) is 44.5 Å². The fourth-order valence-electron chi connectivity index (χ4n) is 4.70. The third kappa shape index (κ3) is 4.85. The molecule has 0 saturated carbocycles. The van der Waals surface area contributed by atoms with Crippen molar-refractivity contribution >= 4 is 16.9 Å². The number of rotatable bonds is 6.